The van der Waals surface area contributed by atoms with Crippen molar-refractivity contribution in [2.75, 3.05) is 6.61 Å². The first-order chi connectivity index (χ1) is 11.8. The zero-order valence-electron chi connectivity index (χ0n) is 13.6. The van der Waals surface area contributed by atoms with Crippen molar-refractivity contribution in [2.45, 2.75) is 13.3 Å². The molecule has 0 unspecified atom stereocenters. The lowest BCUT2D eigenvalue weighted by Crippen LogP contribution is -1.98. The molecule has 2 aromatic carbocycles. The van der Waals surface area contributed by atoms with Crippen molar-refractivity contribution in [3.63, 3.8) is 0 Å². The predicted octanol–water partition coefficient (Wildman–Crippen LogP) is 4.40. The molecule has 0 bridgehead atoms. The summed E-state index contributed by atoms with van der Waals surface area (Å²) in [6, 6.07) is 18.4. The summed E-state index contributed by atoms with van der Waals surface area (Å²) in [4.78, 5) is 15.9. The van der Waals surface area contributed by atoms with Gasteiger partial charge in [0.2, 0.25) is 0 Å². The Morgan fingerprint density at radius 2 is 1.88 bits per heavy atom. The zero-order valence-corrected chi connectivity index (χ0v) is 13.6. The summed E-state index contributed by atoms with van der Waals surface area (Å²) in [5, 5.41) is 2.39. The Labute approximate surface area is 141 Å². The highest BCUT2D eigenvalue weighted by atomic mass is 16.5. The van der Waals surface area contributed by atoms with Crippen LogP contribution in [-0.4, -0.2) is 17.6 Å². The third-order valence-corrected chi connectivity index (χ3v) is 3.81. The number of ether oxygens (including phenoxy) is 1. The Kier molecular flexibility index (Phi) is 5.02. The molecule has 3 heteroatoms. The van der Waals surface area contributed by atoms with Gasteiger partial charge in [0.1, 0.15) is 0 Å². The van der Waals surface area contributed by atoms with Crippen LogP contribution in [0.5, 0.6) is 0 Å². The first kappa shape index (κ1) is 15.9. The minimum atomic E-state index is -0.318. The highest BCUT2D eigenvalue weighted by Crippen LogP contribution is 2.19. The monoisotopic (exact) mass is 317 g/mol. The van der Waals surface area contributed by atoms with Crippen LogP contribution in [0.15, 0.2) is 66.9 Å². The maximum Gasteiger partial charge on any atom is 0.330 e. The number of fused-ring (bicyclic) bond motifs is 1. The first-order valence-electron chi connectivity index (χ1n) is 8.02. The van der Waals surface area contributed by atoms with Gasteiger partial charge in [-0.05, 0) is 35.6 Å². The number of pyridine rings is 1. The van der Waals surface area contributed by atoms with Gasteiger partial charge in [-0.3, -0.25) is 4.98 Å². The van der Waals surface area contributed by atoms with Crippen LogP contribution < -0.4 is 0 Å². The molecule has 0 saturated heterocycles. The topological polar surface area (TPSA) is 39.2 Å². The summed E-state index contributed by atoms with van der Waals surface area (Å²) in [6.45, 7) is 2.18. The summed E-state index contributed by atoms with van der Waals surface area (Å²) in [6.07, 6.45) is 5.85. The molecule has 120 valence electrons. The maximum atomic E-state index is 11.3. The molecule has 0 spiro atoms. The molecule has 0 amide bonds. The standard InChI is InChI=1S/C21H19NO2/c1-2-24-21(23)12-11-16-7-9-17(10-8-16)15-20-19-6-4-3-5-18(19)13-14-22-20/h3-14H,2,15H2,1H3. The van der Waals surface area contributed by atoms with E-state index in [4.69, 9.17) is 4.74 Å². The molecule has 3 aromatic rings. The zero-order chi connectivity index (χ0) is 16.8. The molecular weight excluding hydrogens is 298 g/mol. The summed E-state index contributed by atoms with van der Waals surface area (Å²) in [5.41, 5.74) is 3.23. The Morgan fingerprint density at radius 3 is 2.67 bits per heavy atom. The van der Waals surface area contributed by atoms with Gasteiger partial charge < -0.3 is 4.74 Å². The average molecular weight is 317 g/mol. The van der Waals surface area contributed by atoms with Crippen LogP contribution in [0.2, 0.25) is 0 Å². The second-order valence-electron chi connectivity index (χ2n) is 5.48. The number of hydrogen-bond acceptors (Lipinski definition) is 3. The molecule has 24 heavy (non-hydrogen) atoms. The van der Waals surface area contributed by atoms with Gasteiger partial charge in [-0.2, -0.15) is 0 Å². The number of carbonyl (C=O) groups is 1. The lowest BCUT2D eigenvalue weighted by molar-refractivity contribution is -0.137. The first-order valence-corrected chi connectivity index (χ1v) is 8.02. The normalized spacial score (nSPS) is 11.0. The minimum absolute atomic E-state index is 0.318. The third-order valence-electron chi connectivity index (χ3n) is 3.81. The fourth-order valence-electron chi connectivity index (χ4n) is 2.62. The van der Waals surface area contributed by atoms with E-state index in [0.717, 1.165) is 17.7 Å². The molecule has 1 aromatic heterocycles. The van der Waals surface area contributed by atoms with E-state index in [1.165, 1.54) is 22.4 Å². The van der Waals surface area contributed by atoms with E-state index in [2.05, 4.69) is 29.2 Å². The van der Waals surface area contributed by atoms with E-state index < -0.39 is 0 Å². The number of benzene rings is 2. The van der Waals surface area contributed by atoms with Gasteiger partial charge in [-0.15, -0.1) is 0 Å². The SMILES string of the molecule is CCOC(=O)C=Cc1ccc(Cc2nccc3ccccc23)cc1. The summed E-state index contributed by atoms with van der Waals surface area (Å²) in [7, 11) is 0. The number of rotatable bonds is 5. The van der Waals surface area contributed by atoms with Crippen molar-refractivity contribution in [3.05, 3.63) is 83.7 Å². The van der Waals surface area contributed by atoms with Crippen molar-refractivity contribution in [1.82, 2.24) is 4.98 Å². The average Bonchev–Trinajstić information content (AvgIpc) is 2.62. The molecule has 0 aliphatic rings. The van der Waals surface area contributed by atoms with Crippen molar-refractivity contribution in [3.8, 4) is 0 Å². The van der Waals surface area contributed by atoms with Gasteiger partial charge in [0.15, 0.2) is 0 Å². The smallest absolute Gasteiger partial charge is 0.330 e. The third kappa shape index (κ3) is 3.87. The van der Waals surface area contributed by atoms with Gasteiger partial charge in [-0.1, -0.05) is 48.5 Å². The van der Waals surface area contributed by atoms with E-state index in [0.29, 0.717) is 6.61 Å². The summed E-state index contributed by atoms with van der Waals surface area (Å²) in [5.74, 6) is -0.318. The van der Waals surface area contributed by atoms with Crippen LogP contribution >= 0.6 is 0 Å². The van der Waals surface area contributed by atoms with Crippen molar-refractivity contribution >= 4 is 22.8 Å². The van der Waals surface area contributed by atoms with E-state index in [1.54, 1.807) is 13.0 Å². The van der Waals surface area contributed by atoms with Crippen LogP contribution in [0.25, 0.3) is 16.8 Å². The van der Waals surface area contributed by atoms with E-state index in [-0.39, 0.29) is 5.97 Å². The largest absolute Gasteiger partial charge is 0.463 e. The number of aromatic nitrogens is 1. The Hall–Kier alpha value is -2.94. The molecule has 0 saturated carbocycles. The van der Waals surface area contributed by atoms with Crippen molar-refractivity contribution < 1.29 is 9.53 Å². The Bertz CT molecular complexity index is 861. The van der Waals surface area contributed by atoms with E-state index in [9.17, 15) is 4.79 Å². The quantitative estimate of drug-likeness (QED) is 0.517. The van der Waals surface area contributed by atoms with E-state index in [1.807, 2.05) is 36.5 Å². The van der Waals surface area contributed by atoms with Gasteiger partial charge in [0.05, 0.1) is 12.3 Å². The van der Waals surface area contributed by atoms with Crippen LogP contribution in [0.1, 0.15) is 23.7 Å². The van der Waals surface area contributed by atoms with Crippen LogP contribution in [0, 0.1) is 0 Å². The highest BCUT2D eigenvalue weighted by Gasteiger charge is 2.03. The molecule has 0 radical (unpaired) electrons. The molecule has 1 heterocycles. The number of hydrogen-bond donors (Lipinski definition) is 0. The number of nitrogens with zero attached hydrogens (tertiary/aromatic N) is 1. The van der Waals surface area contributed by atoms with Crippen LogP contribution in [0.3, 0.4) is 0 Å². The molecule has 0 aliphatic heterocycles. The number of carbonyl (C=O) groups excluding carboxylic acids is 1. The highest BCUT2D eigenvalue weighted by molar-refractivity contribution is 5.87. The fraction of sp³-hybridized carbons (Fsp3) is 0.143. The molecule has 0 N–H and O–H groups in total. The summed E-state index contributed by atoms with van der Waals surface area (Å²) >= 11 is 0. The molecular formula is C21H19NO2. The Balaban J connectivity index is 1.75. The van der Waals surface area contributed by atoms with E-state index >= 15 is 0 Å². The second kappa shape index (κ2) is 7.55. The van der Waals surface area contributed by atoms with Gasteiger partial charge >= 0.3 is 5.97 Å². The predicted molar refractivity (Wildman–Crippen MR) is 96.7 cm³/mol. The fourth-order valence-corrected chi connectivity index (χ4v) is 2.62. The molecule has 3 rings (SSSR count). The minimum Gasteiger partial charge on any atom is -0.463 e. The maximum absolute atomic E-state index is 11.3. The van der Waals surface area contributed by atoms with Gasteiger partial charge in [0.25, 0.3) is 0 Å². The van der Waals surface area contributed by atoms with Crippen molar-refractivity contribution in [2.24, 2.45) is 0 Å². The van der Waals surface area contributed by atoms with Gasteiger partial charge in [-0.25, -0.2) is 4.79 Å². The Morgan fingerprint density at radius 1 is 1.08 bits per heavy atom. The van der Waals surface area contributed by atoms with Crippen LogP contribution in [0.4, 0.5) is 0 Å². The van der Waals surface area contributed by atoms with Gasteiger partial charge in [0, 0.05) is 24.1 Å². The molecule has 0 aliphatic carbocycles. The summed E-state index contributed by atoms with van der Waals surface area (Å²) < 4.78 is 4.87. The lowest BCUT2D eigenvalue weighted by atomic mass is 10.0. The molecule has 0 fully saturated rings. The van der Waals surface area contributed by atoms with Crippen LogP contribution in [-0.2, 0) is 16.0 Å². The number of esters is 1. The molecule has 3 nitrogen and oxygen atoms in total. The second-order valence-corrected chi connectivity index (χ2v) is 5.48. The van der Waals surface area contributed by atoms with Crippen molar-refractivity contribution in [1.29, 1.82) is 0 Å². The lowest BCUT2D eigenvalue weighted by Gasteiger charge is -2.06. The molecule has 0 atom stereocenters.